The molecule has 10 heteroatoms. The molecule has 0 saturated carbocycles. The summed E-state index contributed by atoms with van der Waals surface area (Å²) in [5, 5.41) is 11.4. The van der Waals surface area contributed by atoms with Gasteiger partial charge in [-0.05, 0) is 18.2 Å². The van der Waals surface area contributed by atoms with E-state index in [-0.39, 0.29) is 12.4 Å². The third kappa shape index (κ3) is 2.66. The summed E-state index contributed by atoms with van der Waals surface area (Å²) in [6, 6.07) is 12.1. The van der Waals surface area contributed by atoms with Crippen LogP contribution >= 0.6 is 11.6 Å². The molecule has 3 aromatic rings. The molecule has 30 heavy (non-hydrogen) atoms. The molecule has 0 aliphatic carbocycles. The van der Waals surface area contributed by atoms with E-state index in [1.807, 2.05) is 6.07 Å². The molecular weight excluding hydrogens is 411 g/mol. The molecule has 0 radical (unpaired) electrons. The summed E-state index contributed by atoms with van der Waals surface area (Å²) in [5.74, 6) is -0.0788. The highest BCUT2D eigenvalue weighted by atomic mass is 35.5. The lowest BCUT2D eigenvalue weighted by molar-refractivity contribution is -0.124. The number of hydrogen-bond donors (Lipinski definition) is 1. The van der Waals surface area contributed by atoms with E-state index in [2.05, 4.69) is 15.5 Å². The SMILES string of the molecule is CN1C(=O)NC(=O)C2C1n1c(-c3ccccc3Cl)nnc1N2Cc1ccccc1F. The van der Waals surface area contributed by atoms with Crippen molar-refractivity contribution in [3.8, 4) is 11.4 Å². The van der Waals surface area contributed by atoms with Gasteiger partial charge in [-0.15, -0.1) is 10.2 Å². The lowest BCUT2D eigenvalue weighted by Gasteiger charge is -2.37. The van der Waals surface area contributed by atoms with Crippen LogP contribution in [0.5, 0.6) is 0 Å². The van der Waals surface area contributed by atoms with Gasteiger partial charge in [0, 0.05) is 24.7 Å². The molecule has 8 nitrogen and oxygen atoms in total. The van der Waals surface area contributed by atoms with Gasteiger partial charge in [0.15, 0.2) is 11.9 Å². The van der Waals surface area contributed by atoms with Gasteiger partial charge in [-0.3, -0.25) is 14.7 Å². The quantitative estimate of drug-likeness (QED) is 0.696. The maximum absolute atomic E-state index is 14.4. The molecule has 1 saturated heterocycles. The van der Waals surface area contributed by atoms with Crippen LogP contribution in [0.3, 0.4) is 0 Å². The fourth-order valence-electron chi connectivity index (χ4n) is 4.00. The van der Waals surface area contributed by atoms with Crippen molar-refractivity contribution in [1.29, 1.82) is 0 Å². The highest BCUT2D eigenvalue weighted by Crippen LogP contribution is 2.42. The van der Waals surface area contributed by atoms with Crippen molar-refractivity contribution in [3.63, 3.8) is 0 Å². The zero-order chi connectivity index (χ0) is 21.0. The summed E-state index contributed by atoms with van der Waals surface area (Å²) in [4.78, 5) is 28.2. The normalized spacial score (nSPS) is 20.2. The molecule has 1 aromatic heterocycles. The largest absolute Gasteiger partial charge is 0.325 e. The van der Waals surface area contributed by atoms with Gasteiger partial charge in [-0.2, -0.15) is 0 Å². The van der Waals surface area contributed by atoms with Gasteiger partial charge < -0.3 is 9.80 Å². The molecule has 3 amide bonds. The zero-order valence-corrected chi connectivity index (χ0v) is 16.5. The molecule has 0 bridgehead atoms. The van der Waals surface area contributed by atoms with E-state index in [9.17, 15) is 14.0 Å². The van der Waals surface area contributed by atoms with Crippen molar-refractivity contribution < 1.29 is 14.0 Å². The highest BCUT2D eigenvalue weighted by molar-refractivity contribution is 6.33. The summed E-state index contributed by atoms with van der Waals surface area (Å²) in [5.41, 5.74) is 1.02. The number of aromatic nitrogens is 3. The number of nitrogens with one attached hydrogen (secondary N) is 1. The molecule has 2 aromatic carbocycles. The van der Waals surface area contributed by atoms with E-state index in [0.717, 1.165) is 0 Å². The summed E-state index contributed by atoms with van der Waals surface area (Å²) in [7, 11) is 1.59. The molecular formula is C20H16ClFN6O2. The minimum Gasteiger partial charge on any atom is -0.320 e. The molecule has 0 spiro atoms. The Morgan fingerprint density at radius 3 is 2.60 bits per heavy atom. The van der Waals surface area contributed by atoms with E-state index in [1.165, 1.54) is 11.0 Å². The second kappa shape index (κ2) is 6.81. The fourth-order valence-corrected chi connectivity index (χ4v) is 4.22. The number of fused-ring (bicyclic) bond motifs is 3. The van der Waals surface area contributed by atoms with Crippen molar-refractivity contribution in [2.75, 3.05) is 11.9 Å². The maximum atomic E-state index is 14.4. The Bertz CT molecular complexity index is 1180. The zero-order valence-electron chi connectivity index (χ0n) is 15.8. The predicted molar refractivity (Wildman–Crippen MR) is 107 cm³/mol. The molecule has 3 heterocycles. The van der Waals surface area contributed by atoms with Crippen LogP contribution in [-0.2, 0) is 11.3 Å². The van der Waals surface area contributed by atoms with E-state index in [0.29, 0.717) is 27.9 Å². The second-order valence-electron chi connectivity index (χ2n) is 7.16. The Labute approximate surface area is 175 Å². The lowest BCUT2D eigenvalue weighted by atomic mass is 10.1. The number of urea groups is 1. The van der Waals surface area contributed by atoms with E-state index in [4.69, 9.17) is 11.6 Å². The van der Waals surface area contributed by atoms with Gasteiger partial charge in [-0.25, -0.2) is 9.18 Å². The van der Waals surface area contributed by atoms with Crippen LogP contribution in [0.1, 0.15) is 11.7 Å². The fraction of sp³-hybridized carbons (Fsp3) is 0.200. The highest BCUT2D eigenvalue weighted by Gasteiger charge is 2.52. The van der Waals surface area contributed by atoms with Crippen LogP contribution in [0.4, 0.5) is 15.1 Å². The number of halogens is 2. The van der Waals surface area contributed by atoms with Crippen molar-refractivity contribution in [2.45, 2.75) is 18.8 Å². The smallest absolute Gasteiger partial charge is 0.320 e. The first-order chi connectivity index (χ1) is 14.5. The van der Waals surface area contributed by atoms with E-state index in [1.54, 1.807) is 52.9 Å². The number of carbonyl (C=O) groups excluding carboxylic acids is 2. The lowest BCUT2D eigenvalue weighted by Crippen LogP contribution is -2.61. The molecule has 152 valence electrons. The van der Waals surface area contributed by atoms with Crippen LogP contribution in [0.15, 0.2) is 48.5 Å². The number of benzene rings is 2. The average molecular weight is 427 g/mol. The standard InChI is InChI=1S/C20H16ClFN6O2/c1-26-18-15(17(29)23-20(26)30)27(10-11-6-2-5-9-14(11)22)19-25-24-16(28(18)19)12-7-3-4-8-13(12)21/h2-9,15,18H,10H2,1H3,(H,23,29,30). The Morgan fingerprint density at radius 2 is 1.83 bits per heavy atom. The van der Waals surface area contributed by atoms with Crippen molar-refractivity contribution >= 4 is 29.5 Å². The van der Waals surface area contributed by atoms with E-state index >= 15 is 0 Å². The number of imide groups is 1. The van der Waals surface area contributed by atoms with E-state index < -0.39 is 24.1 Å². The van der Waals surface area contributed by atoms with Gasteiger partial charge in [0.2, 0.25) is 5.95 Å². The van der Waals surface area contributed by atoms with Gasteiger partial charge in [0.25, 0.3) is 5.91 Å². The third-order valence-electron chi connectivity index (χ3n) is 5.45. The number of rotatable bonds is 3. The van der Waals surface area contributed by atoms with Gasteiger partial charge >= 0.3 is 6.03 Å². The van der Waals surface area contributed by atoms with Crippen LogP contribution < -0.4 is 10.2 Å². The first-order valence-electron chi connectivity index (χ1n) is 9.25. The Balaban J connectivity index is 1.68. The van der Waals surface area contributed by atoms with Gasteiger partial charge in [0.05, 0.1) is 5.02 Å². The summed E-state index contributed by atoms with van der Waals surface area (Å²) in [6.07, 6.45) is -0.700. The molecule has 1 fully saturated rings. The Kier molecular flexibility index (Phi) is 4.21. The van der Waals surface area contributed by atoms with Crippen molar-refractivity contribution in [3.05, 3.63) is 64.9 Å². The minimum absolute atomic E-state index is 0.0872. The van der Waals surface area contributed by atoms with Crippen molar-refractivity contribution in [2.24, 2.45) is 0 Å². The van der Waals surface area contributed by atoms with Crippen LogP contribution in [0.2, 0.25) is 5.02 Å². The number of nitrogens with zero attached hydrogens (tertiary/aromatic N) is 5. The third-order valence-corrected chi connectivity index (χ3v) is 5.78. The number of hydrogen-bond acceptors (Lipinski definition) is 5. The molecule has 2 aliphatic heterocycles. The van der Waals surface area contributed by atoms with Gasteiger partial charge in [-0.1, -0.05) is 41.9 Å². The Hall–Kier alpha value is -3.46. The monoisotopic (exact) mass is 426 g/mol. The number of amides is 3. The molecule has 2 atom stereocenters. The van der Waals surface area contributed by atoms with Gasteiger partial charge in [0.1, 0.15) is 12.0 Å². The summed E-state index contributed by atoms with van der Waals surface area (Å²) < 4.78 is 16.1. The molecule has 1 N–H and O–H groups in total. The first-order valence-corrected chi connectivity index (χ1v) is 9.62. The molecule has 2 aliphatic rings. The maximum Gasteiger partial charge on any atom is 0.325 e. The average Bonchev–Trinajstić information content (AvgIpc) is 3.28. The second-order valence-corrected chi connectivity index (χ2v) is 7.56. The minimum atomic E-state index is -0.793. The molecule has 2 unspecified atom stereocenters. The van der Waals surface area contributed by atoms with Crippen LogP contribution in [-0.4, -0.2) is 44.7 Å². The number of carbonyl (C=O) groups is 2. The summed E-state index contributed by atoms with van der Waals surface area (Å²) >= 11 is 6.37. The summed E-state index contributed by atoms with van der Waals surface area (Å²) in [6.45, 7) is 0.0872. The van der Waals surface area contributed by atoms with Crippen LogP contribution in [0, 0.1) is 5.82 Å². The molecule has 5 rings (SSSR count). The first kappa shape index (κ1) is 18.6. The topological polar surface area (TPSA) is 83.4 Å². The van der Waals surface area contributed by atoms with Crippen molar-refractivity contribution in [1.82, 2.24) is 25.0 Å². The Morgan fingerprint density at radius 1 is 1.10 bits per heavy atom. The predicted octanol–water partition coefficient (Wildman–Crippen LogP) is 2.81. The number of likely N-dealkylation sites (N-methyl/N-ethyl adjacent to an activating group) is 1. The van der Waals surface area contributed by atoms with Crippen LogP contribution in [0.25, 0.3) is 11.4 Å². The number of anilines is 1.